The van der Waals surface area contributed by atoms with E-state index in [1.165, 1.54) is 0 Å². The van der Waals surface area contributed by atoms with Crippen molar-refractivity contribution in [1.29, 1.82) is 5.26 Å². The van der Waals surface area contributed by atoms with Crippen molar-refractivity contribution in [3.05, 3.63) is 46.5 Å². The van der Waals surface area contributed by atoms with Gasteiger partial charge in [0.15, 0.2) is 0 Å². The minimum atomic E-state index is 0.494. The van der Waals surface area contributed by atoms with Crippen molar-refractivity contribution in [3.63, 3.8) is 0 Å². The predicted molar refractivity (Wildman–Crippen MR) is 65.3 cm³/mol. The van der Waals surface area contributed by atoms with Gasteiger partial charge in [0.2, 0.25) is 0 Å². The van der Waals surface area contributed by atoms with E-state index in [9.17, 15) is 0 Å². The Morgan fingerprint density at radius 2 is 2.29 bits per heavy atom. The number of hydrogen-bond donors (Lipinski definition) is 0. The van der Waals surface area contributed by atoms with E-state index in [-0.39, 0.29) is 0 Å². The van der Waals surface area contributed by atoms with Crippen LogP contribution in [0.5, 0.6) is 0 Å². The number of benzene rings is 1. The molecule has 0 aliphatic rings. The molecule has 0 unspecified atom stereocenters. The molecule has 1 heterocycles. The summed E-state index contributed by atoms with van der Waals surface area (Å²) in [5, 5.41) is 13.4. The van der Waals surface area contributed by atoms with E-state index >= 15 is 0 Å². The lowest BCUT2D eigenvalue weighted by Crippen LogP contribution is -1.97. The molecule has 84 valence electrons. The highest BCUT2D eigenvalue weighted by molar-refractivity contribution is 5.85. The molecule has 0 radical (unpaired) electrons. The van der Waals surface area contributed by atoms with Crippen molar-refractivity contribution in [3.8, 4) is 6.07 Å². The first-order valence-electron chi connectivity index (χ1n) is 5.35. The lowest BCUT2D eigenvalue weighted by molar-refractivity contribution is 0.669. The topological polar surface area (TPSA) is 77.5 Å². The first kappa shape index (κ1) is 11.1. The van der Waals surface area contributed by atoms with E-state index in [4.69, 9.17) is 10.8 Å². The summed E-state index contributed by atoms with van der Waals surface area (Å²) in [6, 6.07) is 9.81. The Bertz CT molecular complexity index is 613. The number of rotatable bonds is 4. The summed E-state index contributed by atoms with van der Waals surface area (Å²) < 4.78 is 2.07. The van der Waals surface area contributed by atoms with Gasteiger partial charge >= 0.3 is 0 Å². The minimum absolute atomic E-state index is 0.494. The summed E-state index contributed by atoms with van der Waals surface area (Å²) in [5.74, 6) is 0. The van der Waals surface area contributed by atoms with Gasteiger partial charge in [0, 0.05) is 35.1 Å². The van der Waals surface area contributed by atoms with Gasteiger partial charge in [-0.05, 0) is 30.2 Å². The predicted octanol–water partition coefficient (Wildman–Crippen LogP) is 3.21. The molecular formula is C12H11N5. The molecule has 17 heavy (non-hydrogen) atoms. The van der Waals surface area contributed by atoms with E-state index < -0.39 is 0 Å². The van der Waals surface area contributed by atoms with Crippen LogP contribution in [0.25, 0.3) is 21.3 Å². The van der Waals surface area contributed by atoms with Crippen molar-refractivity contribution < 1.29 is 0 Å². The van der Waals surface area contributed by atoms with Crippen LogP contribution in [0.4, 0.5) is 0 Å². The van der Waals surface area contributed by atoms with Crippen LogP contribution in [0.3, 0.4) is 0 Å². The maximum atomic E-state index is 8.98. The maximum Gasteiger partial charge on any atom is 0.0998 e. The van der Waals surface area contributed by atoms with Crippen LogP contribution in [-0.4, -0.2) is 11.1 Å². The van der Waals surface area contributed by atoms with Crippen LogP contribution < -0.4 is 0 Å². The molecule has 0 N–H and O–H groups in total. The summed E-state index contributed by atoms with van der Waals surface area (Å²) >= 11 is 0. The molecule has 0 bridgehead atoms. The number of nitriles is 1. The normalized spacial score (nSPS) is 9.82. The summed E-state index contributed by atoms with van der Waals surface area (Å²) in [6.45, 7) is 1.28. The van der Waals surface area contributed by atoms with Crippen molar-refractivity contribution in [2.75, 3.05) is 6.54 Å². The third-order valence-electron chi connectivity index (χ3n) is 2.65. The molecule has 5 nitrogen and oxygen atoms in total. The molecule has 1 aromatic heterocycles. The van der Waals surface area contributed by atoms with Crippen LogP contribution in [-0.2, 0) is 6.54 Å². The summed E-state index contributed by atoms with van der Waals surface area (Å²) in [6.07, 6.45) is 2.76. The van der Waals surface area contributed by atoms with Crippen molar-refractivity contribution in [2.45, 2.75) is 13.0 Å². The molecule has 0 fully saturated rings. The van der Waals surface area contributed by atoms with Crippen molar-refractivity contribution >= 4 is 10.9 Å². The van der Waals surface area contributed by atoms with Crippen molar-refractivity contribution in [1.82, 2.24) is 4.57 Å². The Morgan fingerprint density at radius 1 is 1.41 bits per heavy atom. The fourth-order valence-corrected chi connectivity index (χ4v) is 1.87. The van der Waals surface area contributed by atoms with Gasteiger partial charge in [-0.2, -0.15) is 5.26 Å². The minimum Gasteiger partial charge on any atom is -0.347 e. The quantitative estimate of drug-likeness (QED) is 0.340. The second kappa shape index (κ2) is 5.06. The Balaban J connectivity index is 2.25. The zero-order chi connectivity index (χ0) is 12.1. The van der Waals surface area contributed by atoms with Crippen LogP contribution in [0.1, 0.15) is 12.0 Å². The SMILES string of the molecule is N#Cc1cccc2c1ccn2CCCN=[N+]=[N-]. The van der Waals surface area contributed by atoms with Gasteiger partial charge in [-0.3, -0.25) is 0 Å². The third kappa shape index (κ3) is 2.22. The van der Waals surface area contributed by atoms with Crippen LogP contribution in [0, 0.1) is 11.3 Å². The van der Waals surface area contributed by atoms with Gasteiger partial charge in [-0.15, -0.1) is 0 Å². The average molecular weight is 225 g/mol. The van der Waals surface area contributed by atoms with Crippen LogP contribution in [0.2, 0.25) is 0 Å². The van der Waals surface area contributed by atoms with Gasteiger partial charge in [-0.25, -0.2) is 0 Å². The number of nitrogens with zero attached hydrogens (tertiary/aromatic N) is 5. The van der Waals surface area contributed by atoms with Gasteiger partial charge < -0.3 is 4.57 Å². The zero-order valence-electron chi connectivity index (χ0n) is 9.24. The number of aromatic nitrogens is 1. The number of hydrogen-bond acceptors (Lipinski definition) is 2. The van der Waals surface area contributed by atoms with Crippen LogP contribution in [0.15, 0.2) is 35.6 Å². The summed E-state index contributed by atoms with van der Waals surface area (Å²) in [7, 11) is 0. The van der Waals surface area contributed by atoms with E-state index in [0.717, 1.165) is 23.9 Å². The van der Waals surface area contributed by atoms with E-state index in [0.29, 0.717) is 12.1 Å². The highest BCUT2D eigenvalue weighted by Gasteiger charge is 2.04. The Labute approximate surface area is 98.5 Å². The number of aryl methyl sites for hydroxylation is 1. The van der Waals surface area contributed by atoms with Crippen molar-refractivity contribution in [2.24, 2.45) is 5.11 Å². The Morgan fingerprint density at radius 3 is 3.06 bits per heavy atom. The molecule has 0 amide bonds. The van der Waals surface area contributed by atoms with E-state index in [1.54, 1.807) is 0 Å². The first-order valence-corrected chi connectivity index (χ1v) is 5.35. The standard InChI is InChI=1S/C12H11N5/c13-9-10-3-1-4-12-11(10)5-8-17(12)7-2-6-15-16-14/h1,3-5,8H,2,6-7H2. The highest BCUT2D eigenvalue weighted by atomic mass is 15.1. The van der Waals surface area contributed by atoms with Gasteiger partial charge in [0.05, 0.1) is 11.6 Å². The highest BCUT2D eigenvalue weighted by Crippen LogP contribution is 2.19. The molecule has 0 aliphatic carbocycles. The number of azide groups is 1. The molecule has 2 aromatic rings. The summed E-state index contributed by atoms with van der Waals surface area (Å²) in [5.41, 5.74) is 9.92. The average Bonchev–Trinajstić information content (AvgIpc) is 2.78. The molecule has 2 rings (SSSR count). The maximum absolute atomic E-state index is 8.98. The molecule has 5 heteroatoms. The molecule has 1 aromatic carbocycles. The first-order chi connectivity index (χ1) is 8.36. The Kier molecular flexibility index (Phi) is 3.29. The second-order valence-electron chi connectivity index (χ2n) is 3.67. The van der Waals surface area contributed by atoms with E-state index in [2.05, 4.69) is 20.7 Å². The smallest absolute Gasteiger partial charge is 0.0998 e. The molecule has 0 atom stereocenters. The molecule has 0 spiro atoms. The fraction of sp³-hybridized carbons (Fsp3) is 0.250. The van der Waals surface area contributed by atoms with Gasteiger partial charge in [0.1, 0.15) is 0 Å². The number of fused-ring (bicyclic) bond motifs is 1. The molecular weight excluding hydrogens is 214 g/mol. The second-order valence-corrected chi connectivity index (χ2v) is 3.67. The van der Waals surface area contributed by atoms with Gasteiger partial charge in [0.25, 0.3) is 0 Å². The van der Waals surface area contributed by atoms with Crippen LogP contribution >= 0.6 is 0 Å². The van der Waals surface area contributed by atoms with E-state index in [1.807, 2.05) is 30.5 Å². The molecule has 0 aliphatic heterocycles. The molecule has 0 saturated carbocycles. The lowest BCUT2D eigenvalue weighted by Gasteiger charge is -2.03. The lowest BCUT2D eigenvalue weighted by atomic mass is 10.1. The Hall–Kier alpha value is -2.44. The summed E-state index contributed by atoms with van der Waals surface area (Å²) in [4.78, 5) is 2.72. The van der Waals surface area contributed by atoms with Gasteiger partial charge in [-0.1, -0.05) is 11.2 Å². The monoisotopic (exact) mass is 225 g/mol. The largest absolute Gasteiger partial charge is 0.347 e. The third-order valence-corrected chi connectivity index (χ3v) is 2.65. The zero-order valence-corrected chi connectivity index (χ0v) is 9.24. The molecule has 0 saturated heterocycles. The fourth-order valence-electron chi connectivity index (χ4n) is 1.87.